The van der Waals surface area contributed by atoms with Crippen molar-refractivity contribution in [3.05, 3.63) is 28.0 Å². The van der Waals surface area contributed by atoms with Gasteiger partial charge in [-0.2, -0.15) is 0 Å². The molecule has 1 heterocycles. The third kappa shape index (κ3) is 2.23. The van der Waals surface area contributed by atoms with E-state index < -0.39 is 11.8 Å². The normalized spacial score (nSPS) is 23.4. The van der Waals surface area contributed by atoms with Crippen LogP contribution in [-0.4, -0.2) is 23.7 Å². The highest BCUT2D eigenvalue weighted by Gasteiger charge is 2.29. The fraction of sp³-hybridized carbons (Fsp3) is 0.462. The van der Waals surface area contributed by atoms with Gasteiger partial charge in [0.15, 0.2) is 5.82 Å². The van der Waals surface area contributed by atoms with Gasteiger partial charge in [-0.3, -0.25) is 0 Å². The maximum atomic E-state index is 14.2. The molecule has 1 N–H and O–H groups in total. The molecule has 0 aromatic heterocycles. The van der Waals surface area contributed by atoms with Crippen LogP contribution in [0.5, 0.6) is 0 Å². The van der Waals surface area contributed by atoms with Crippen molar-refractivity contribution in [1.82, 2.24) is 0 Å². The molecule has 0 spiro atoms. The summed E-state index contributed by atoms with van der Waals surface area (Å²) in [5, 5.41) is 8.93. The fourth-order valence-corrected chi connectivity index (χ4v) is 3.07. The number of nitrogens with zero attached hydrogens (tertiary/aromatic N) is 1. The van der Waals surface area contributed by atoms with Crippen molar-refractivity contribution in [2.45, 2.75) is 26.3 Å². The molecule has 2 unspecified atom stereocenters. The Balaban J connectivity index is 2.41. The van der Waals surface area contributed by atoms with E-state index in [-0.39, 0.29) is 16.1 Å². The summed E-state index contributed by atoms with van der Waals surface area (Å²) in [7, 11) is 0. The van der Waals surface area contributed by atoms with Gasteiger partial charge >= 0.3 is 5.97 Å². The smallest absolute Gasteiger partial charge is 0.336 e. The van der Waals surface area contributed by atoms with Gasteiger partial charge in [0.2, 0.25) is 0 Å². The lowest BCUT2D eigenvalue weighted by Crippen LogP contribution is -2.27. The van der Waals surface area contributed by atoms with Gasteiger partial charge in [0.25, 0.3) is 0 Å². The van der Waals surface area contributed by atoms with Gasteiger partial charge in [0.05, 0.1) is 15.7 Å². The molecule has 0 bridgehead atoms. The van der Waals surface area contributed by atoms with E-state index in [0.717, 1.165) is 13.0 Å². The Kier molecular flexibility index (Phi) is 3.61. The summed E-state index contributed by atoms with van der Waals surface area (Å²) in [6.45, 7) is 4.99. The molecular weight excluding hydrogens is 301 g/mol. The van der Waals surface area contributed by atoms with E-state index >= 15 is 0 Å². The molecule has 2 rings (SSSR count). The van der Waals surface area contributed by atoms with Crippen molar-refractivity contribution < 1.29 is 14.3 Å². The third-order valence-electron chi connectivity index (χ3n) is 3.39. The SMILES string of the molecule is CC1CC(C)N(c2ccc(C(=O)O)c(Br)c2F)C1. The zero-order valence-corrected chi connectivity index (χ0v) is 11.9. The van der Waals surface area contributed by atoms with Gasteiger partial charge in [-0.05, 0) is 47.3 Å². The second-order valence-electron chi connectivity index (χ2n) is 4.91. The van der Waals surface area contributed by atoms with Crippen LogP contribution in [0.2, 0.25) is 0 Å². The summed E-state index contributed by atoms with van der Waals surface area (Å²) >= 11 is 3.03. The van der Waals surface area contributed by atoms with E-state index in [1.165, 1.54) is 6.07 Å². The minimum absolute atomic E-state index is 0.0271. The Labute approximate surface area is 114 Å². The second-order valence-corrected chi connectivity index (χ2v) is 5.70. The Hall–Kier alpha value is -1.10. The van der Waals surface area contributed by atoms with Crippen molar-refractivity contribution in [2.24, 2.45) is 5.92 Å². The molecule has 1 aliphatic rings. The predicted molar refractivity (Wildman–Crippen MR) is 71.6 cm³/mol. The first-order chi connectivity index (χ1) is 8.41. The lowest BCUT2D eigenvalue weighted by atomic mass is 10.1. The highest BCUT2D eigenvalue weighted by molar-refractivity contribution is 9.10. The number of halogens is 2. The van der Waals surface area contributed by atoms with Crippen LogP contribution in [0.4, 0.5) is 10.1 Å². The van der Waals surface area contributed by atoms with E-state index in [0.29, 0.717) is 11.6 Å². The van der Waals surface area contributed by atoms with Crippen LogP contribution in [0.25, 0.3) is 0 Å². The van der Waals surface area contributed by atoms with Crippen LogP contribution in [-0.2, 0) is 0 Å². The number of carboxylic acid groups (broad SMARTS) is 1. The largest absolute Gasteiger partial charge is 0.478 e. The molecule has 0 amide bonds. The predicted octanol–water partition coefficient (Wildman–Crippen LogP) is 3.52. The van der Waals surface area contributed by atoms with Crippen molar-refractivity contribution in [3.8, 4) is 0 Å². The number of hydrogen-bond donors (Lipinski definition) is 1. The van der Waals surface area contributed by atoms with Crippen LogP contribution in [0.15, 0.2) is 16.6 Å². The second kappa shape index (κ2) is 4.88. The van der Waals surface area contributed by atoms with Crippen LogP contribution >= 0.6 is 15.9 Å². The topological polar surface area (TPSA) is 40.5 Å². The summed E-state index contributed by atoms with van der Waals surface area (Å²) in [5.74, 6) is -1.09. The number of benzene rings is 1. The standard InChI is InChI=1S/C13H15BrFNO2/c1-7-5-8(2)16(6-7)10-4-3-9(13(17)18)11(14)12(10)15/h3-4,7-8H,5-6H2,1-2H3,(H,17,18). The molecule has 1 aromatic carbocycles. The maximum absolute atomic E-state index is 14.2. The van der Waals surface area contributed by atoms with Crippen molar-refractivity contribution in [1.29, 1.82) is 0 Å². The quantitative estimate of drug-likeness (QED) is 0.907. The zero-order valence-electron chi connectivity index (χ0n) is 10.3. The molecule has 2 atom stereocenters. The summed E-state index contributed by atoms with van der Waals surface area (Å²) < 4.78 is 14.2. The number of anilines is 1. The molecule has 0 aliphatic carbocycles. The Morgan fingerprint density at radius 2 is 2.17 bits per heavy atom. The molecule has 18 heavy (non-hydrogen) atoms. The highest BCUT2D eigenvalue weighted by atomic mass is 79.9. The van der Waals surface area contributed by atoms with Crippen LogP contribution < -0.4 is 4.90 Å². The summed E-state index contributed by atoms with van der Waals surface area (Å²) in [5.41, 5.74) is 0.430. The first-order valence-electron chi connectivity index (χ1n) is 5.89. The molecule has 1 saturated heterocycles. The molecule has 1 aromatic rings. The van der Waals surface area contributed by atoms with Gasteiger partial charge < -0.3 is 10.0 Å². The average Bonchev–Trinajstić information content (AvgIpc) is 2.61. The van der Waals surface area contributed by atoms with E-state index in [9.17, 15) is 9.18 Å². The number of carboxylic acids is 1. The van der Waals surface area contributed by atoms with E-state index in [4.69, 9.17) is 5.11 Å². The lowest BCUT2D eigenvalue weighted by molar-refractivity contribution is 0.0695. The van der Waals surface area contributed by atoms with Gasteiger partial charge in [-0.15, -0.1) is 0 Å². The van der Waals surface area contributed by atoms with Gasteiger partial charge in [-0.25, -0.2) is 9.18 Å². The Morgan fingerprint density at radius 3 is 2.67 bits per heavy atom. The summed E-state index contributed by atoms with van der Waals surface area (Å²) in [6, 6.07) is 3.27. The summed E-state index contributed by atoms with van der Waals surface area (Å²) in [6.07, 6.45) is 1.03. The van der Waals surface area contributed by atoms with Crippen molar-refractivity contribution >= 4 is 27.6 Å². The van der Waals surface area contributed by atoms with Gasteiger partial charge in [0.1, 0.15) is 0 Å². The van der Waals surface area contributed by atoms with E-state index in [1.807, 2.05) is 4.90 Å². The average molecular weight is 316 g/mol. The van der Waals surface area contributed by atoms with Crippen LogP contribution in [0, 0.1) is 11.7 Å². The first-order valence-corrected chi connectivity index (χ1v) is 6.69. The number of aromatic carboxylic acids is 1. The molecule has 0 radical (unpaired) electrons. The highest BCUT2D eigenvalue weighted by Crippen LogP contribution is 2.34. The fourth-order valence-electron chi connectivity index (χ4n) is 2.56. The van der Waals surface area contributed by atoms with Gasteiger partial charge in [-0.1, -0.05) is 6.92 Å². The minimum Gasteiger partial charge on any atom is -0.478 e. The molecule has 0 saturated carbocycles. The minimum atomic E-state index is -1.13. The zero-order chi connectivity index (χ0) is 13.4. The van der Waals surface area contributed by atoms with E-state index in [2.05, 4.69) is 29.8 Å². The first kappa shape index (κ1) is 13.3. The lowest BCUT2D eigenvalue weighted by Gasteiger charge is -2.25. The molecule has 3 nitrogen and oxygen atoms in total. The van der Waals surface area contributed by atoms with Crippen molar-refractivity contribution in [2.75, 3.05) is 11.4 Å². The van der Waals surface area contributed by atoms with Gasteiger partial charge in [0, 0.05) is 12.6 Å². The van der Waals surface area contributed by atoms with E-state index in [1.54, 1.807) is 6.07 Å². The maximum Gasteiger partial charge on any atom is 0.336 e. The molecule has 1 aliphatic heterocycles. The van der Waals surface area contributed by atoms with Crippen LogP contribution in [0.1, 0.15) is 30.6 Å². The molecule has 1 fully saturated rings. The Bertz CT molecular complexity index is 492. The van der Waals surface area contributed by atoms with Crippen molar-refractivity contribution in [3.63, 3.8) is 0 Å². The van der Waals surface area contributed by atoms with Crippen LogP contribution in [0.3, 0.4) is 0 Å². The number of hydrogen-bond acceptors (Lipinski definition) is 2. The molecule has 98 valence electrons. The third-order valence-corrected chi connectivity index (χ3v) is 4.16. The number of carbonyl (C=O) groups is 1. The Morgan fingerprint density at radius 1 is 1.50 bits per heavy atom. The monoisotopic (exact) mass is 315 g/mol. The summed E-state index contributed by atoms with van der Waals surface area (Å²) in [4.78, 5) is 12.9. The molecular formula is C13H15BrFNO2. The molecule has 5 heteroatoms. The number of rotatable bonds is 2.